The first-order valence-corrected chi connectivity index (χ1v) is 11.6. The molecule has 160 valence electrons. The highest BCUT2D eigenvalue weighted by Crippen LogP contribution is 2.18. The molecule has 1 aromatic carbocycles. The molecule has 28 heavy (non-hydrogen) atoms. The van der Waals surface area contributed by atoms with Crippen LogP contribution >= 0.6 is 0 Å². The number of benzene rings is 1. The number of nitrogens with zero attached hydrogens (tertiary/aromatic N) is 1. The minimum atomic E-state index is -0.390. The van der Waals surface area contributed by atoms with E-state index in [0.717, 1.165) is 6.42 Å². The molecule has 4 heteroatoms. The summed E-state index contributed by atoms with van der Waals surface area (Å²) in [6.45, 7) is 2.97. The Morgan fingerprint density at radius 2 is 1.07 bits per heavy atom. The van der Waals surface area contributed by atoms with Gasteiger partial charge in [0, 0.05) is 12.1 Å². The minimum Gasteiger partial charge on any atom is -0.494 e. The molecule has 0 saturated heterocycles. The van der Waals surface area contributed by atoms with Gasteiger partial charge < -0.3 is 4.74 Å². The fourth-order valence-electron chi connectivity index (χ4n) is 3.50. The Labute approximate surface area is 172 Å². The molecule has 0 aromatic heterocycles. The van der Waals surface area contributed by atoms with Crippen LogP contribution in [0.3, 0.4) is 0 Å². The van der Waals surface area contributed by atoms with Crippen LogP contribution in [0.25, 0.3) is 0 Å². The van der Waals surface area contributed by atoms with Crippen molar-refractivity contribution in [3.05, 3.63) is 34.4 Å². The van der Waals surface area contributed by atoms with Crippen LogP contribution in [0.1, 0.15) is 110 Å². The van der Waals surface area contributed by atoms with Crippen LogP contribution in [0.2, 0.25) is 0 Å². The van der Waals surface area contributed by atoms with Crippen LogP contribution in [0.15, 0.2) is 24.3 Å². The molecule has 1 aromatic rings. The summed E-state index contributed by atoms with van der Waals surface area (Å²) < 4.78 is 5.64. The van der Waals surface area contributed by atoms with Crippen molar-refractivity contribution >= 4 is 5.69 Å². The summed E-state index contributed by atoms with van der Waals surface area (Å²) in [7, 11) is 0. The van der Waals surface area contributed by atoms with Gasteiger partial charge in [-0.1, -0.05) is 103 Å². The van der Waals surface area contributed by atoms with Gasteiger partial charge in [-0.25, -0.2) is 0 Å². The van der Waals surface area contributed by atoms with Gasteiger partial charge in [0.1, 0.15) is 5.75 Å². The van der Waals surface area contributed by atoms with Crippen molar-refractivity contribution < 1.29 is 9.66 Å². The maximum Gasteiger partial charge on any atom is 0.269 e. The molecule has 0 atom stereocenters. The number of nitro benzene ring substituents is 1. The predicted molar refractivity (Wildman–Crippen MR) is 118 cm³/mol. The molecule has 0 unspecified atom stereocenters. The summed E-state index contributed by atoms with van der Waals surface area (Å²) in [5.41, 5.74) is 0.106. The number of rotatable bonds is 19. The molecule has 0 aliphatic rings. The quantitative estimate of drug-likeness (QED) is 0.135. The van der Waals surface area contributed by atoms with Gasteiger partial charge in [0.15, 0.2) is 0 Å². The van der Waals surface area contributed by atoms with Crippen molar-refractivity contribution in [3.8, 4) is 5.75 Å². The Balaban J connectivity index is 1.79. The third-order valence-electron chi connectivity index (χ3n) is 5.31. The molecule has 4 nitrogen and oxygen atoms in total. The molecule has 0 heterocycles. The first kappa shape index (κ1) is 24.5. The van der Waals surface area contributed by atoms with Crippen LogP contribution in [0.4, 0.5) is 5.69 Å². The van der Waals surface area contributed by atoms with Gasteiger partial charge >= 0.3 is 0 Å². The zero-order valence-electron chi connectivity index (χ0n) is 18.0. The number of ether oxygens (including phenoxy) is 1. The molecule has 0 N–H and O–H groups in total. The number of unbranched alkanes of at least 4 members (excludes halogenated alkanes) is 15. The van der Waals surface area contributed by atoms with Crippen molar-refractivity contribution in [1.29, 1.82) is 0 Å². The highest BCUT2D eigenvalue weighted by molar-refractivity contribution is 5.35. The third-order valence-corrected chi connectivity index (χ3v) is 5.31. The van der Waals surface area contributed by atoms with Gasteiger partial charge in [-0.2, -0.15) is 0 Å². The molecular formula is C24H41NO3. The van der Waals surface area contributed by atoms with Crippen LogP contribution in [0.5, 0.6) is 5.75 Å². The molecule has 0 saturated carbocycles. The fraction of sp³-hybridized carbons (Fsp3) is 0.750. The van der Waals surface area contributed by atoms with E-state index in [-0.39, 0.29) is 10.6 Å². The second-order valence-electron chi connectivity index (χ2n) is 7.90. The summed E-state index contributed by atoms with van der Waals surface area (Å²) in [5, 5.41) is 10.6. The zero-order chi connectivity index (χ0) is 20.3. The highest BCUT2D eigenvalue weighted by Gasteiger charge is 2.04. The molecule has 0 aliphatic heterocycles. The Hall–Kier alpha value is -1.58. The molecule has 0 bridgehead atoms. The van der Waals surface area contributed by atoms with E-state index in [4.69, 9.17) is 4.74 Å². The predicted octanol–water partition coefficient (Wildman–Crippen LogP) is 8.24. The van der Waals surface area contributed by atoms with E-state index in [0.29, 0.717) is 12.4 Å². The number of hydrogen-bond acceptors (Lipinski definition) is 3. The van der Waals surface area contributed by atoms with Gasteiger partial charge in [-0.15, -0.1) is 0 Å². The summed E-state index contributed by atoms with van der Waals surface area (Å²) >= 11 is 0. The number of hydrogen-bond donors (Lipinski definition) is 0. The minimum absolute atomic E-state index is 0.106. The summed E-state index contributed by atoms with van der Waals surface area (Å²) in [6.07, 6.45) is 21.8. The van der Waals surface area contributed by atoms with E-state index < -0.39 is 0 Å². The van der Waals surface area contributed by atoms with E-state index >= 15 is 0 Å². The molecule has 0 amide bonds. The first-order valence-electron chi connectivity index (χ1n) is 11.6. The smallest absolute Gasteiger partial charge is 0.269 e. The zero-order valence-corrected chi connectivity index (χ0v) is 18.0. The van der Waals surface area contributed by atoms with Crippen molar-refractivity contribution in [2.24, 2.45) is 0 Å². The number of nitro groups is 1. The maximum absolute atomic E-state index is 10.6. The van der Waals surface area contributed by atoms with Crippen LogP contribution < -0.4 is 4.74 Å². The molecule has 0 aliphatic carbocycles. The van der Waals surface area contributed by atoms with Crippen LogP contribution in [-0.2, 0) is 0 Å². The summed E-state index contributed by atoms with van der Waals surface area (Å²) in [5.74, 6) is 0.714. The SMILES string of the molecule is CCCCCCCCCCCCCCCCCCOc1ccc([N+](=O)[O-])cc1. The van der Waals surface area contributed by atoms with Gasteiger partial charge in [0.2, 0.25) is 0 Å². The van der Waals surface area contributed by atoms with E-state index in [1.807, 2.05) is 0 Å². The number of non-ortho nitro benzene ring substituents is 1. The lowest BCUT2D eigenvalue weighted by molar-refractivity contribution is -0.384. The average Bonchev–Trinajstić information content (AvgIpc) is 2.70. The molecule has 0 spiro atoms. The Bertz CT molecular complexity index is 487. The summed E-state index contributed by atoms with van der Waals surface area (Å²) in [6, 6.07) is 6.32. The Morgan fingerprint density at radius 1 is 0.679 bits per heavy atom. The lowest BCUT2D eigenvalue weighted by Crippen LogP contribution is -1.97. The van der Waals surface area contributed by atoms with Crippen molar-refractivity contribution in [3.63, 3.8) is 0 Å². The normalized spacial score (nSPS) is 10.9. The van der Waals surface area contributed by atoms with E-state index in [1.165, 1.54) is 108 Å². The second-order valence-corrected chi connectivity index (χ2v) is 7.90. The van der Waals surface area contributed by atoms with Crippen LogP contribution in [0, 0.1) is 10.1 Å². The maximum atomic E-state index is 10.6. The average molecular weight is 392 g/mol. The molecular weight excluding hydrogens is 350 g/mol. The third kappa shape index (κ3) is 13.6. The van der Waals surface area contributed by atoms with Crippen molar-refractivity contribution in [2.45, 2.75) is 110 Å². The lowest BCUT2D eigenvalue weighted by Gasteiger charge is -2.06. The van der Waals surface area contributed by atoms with E-state index in [9.17, 15) is 10.1 Å². The van der Waals surface area contributed by atoms with E-state index in [1.54, 1.807) is 12.1 Å². The highest BCUT2D eigenvalue weighted by atomic mass is 16.6. The Morgan fingerprint density at radius 3 is 1.46 bits per heavy atom. The van der Waals surface area contributed by atoms with E-state index in [2.05, 4.69) is 6.92 Å². The molecule has 0 fully saturated rings. The van der Waals surface area contributed by atoms with Gasteiger partial charge in [0.05, 0.1) is 11.5 Å². The van der Waals surface area contributed by atoms with Crippen molar-refractivity contribution in [2.75, 3.05) is 6.61 Å². The first-order chi connectivity index (χ1) is 13.7. The summed E-state index contributed by atoms with van der Waals surface area (Å²) in [4.78, 5) is 10.2. The van der Waals surface area contributed by atoms with Crippen molar-refractivity contribution in [1.82, 2.24) is 0 Å². The molecule has 0 radical (unpaired) electrons. The second kappa shape index (κ2) is 17.5. The fourth-order valence-corrected chi connectivity index (χ4v) is 3.50. The largest absolute Gasteiger partial charge is 0.494 e. The monoisotopic (exact) mass is 391 g/mol. The van der Waals surface area contributed by atoms with Gasteiger partial charge in [-0.3, -0.25) is 10.1 Å². The topological polar surface area (TPSA) is 52.4 Å². The standard InChI is InChI=1S/C24H41NO3/c1-2-3-4-5-6-7-8-9-10-11-12-13-14-15-16-17-22-28-24-20-18-23(19-21-24)25(26)27/h18-21H,2-17,22H2,1H3. The van der Waals surface area contributed by atoms with Gasteiger partial charge in [0.25, 0.3) is 5.69 Å². The van der Waals surface area contributed by atoms with Gasteiger partial charge in [-0.05, 0) is 18.6 Å². The van der Waals surface area contributed by atoms with Crippen LogP contribution in [-0.4, -0.2) is 11.5 Å². The lowest BCUT2D eigenvalue weighted by atomic mass is 10.0. The molecule has 1 rings (SSSR count). The Kier molecular flexibility index (Phi) is 15.3.